The van der Waals surface area contributed by atoms with Crippen LogP contribution in [0.4, 0.5) is 23.7 Å². The molecule has 152 valence electrons. The van der Waals surface area contributed by atoms with E-state index in [0.717, 1.165) is 6.07 Å². The molecule has 0 aliphatic rings. The van der Waals surface area contributed by atoms with Crippen LogP contribution in [0.2, 0.25) is 0 Å². The molecule has 2 rings (SSSR count). The molecule has 2 amide bonds. The van der Waals surface area contributed by atoms with E-state index in [4.69, 9.17) is 16.4 Å². The van der Waals surface area contributed by atoms with Crippen molar-refractivity contribution in [3.63, 3.8) is 0 Å². The van der Waals surface area contributed by atoms with Crippen molar-refractivity contribution >= 4 is 27.6 Å². The monoisotopic (exact) mass is 464 g/mol. The Labute approximate surface area is 166 Å². The number of benzene rings is 2. The molecule has 0 aliphatic carbocycles. The fourth-order valence-corrected chi connectivity index (χ4v) is 2.66. The molecule has 0 spiro atoms. The summed E-state index contributed by atoms with van der Waals surface area (Å²) in [6.07, 6.45) is -4.97. The lowest BCUT2D eigenvalue weighted by atomic mass is 10.1. The van der Waals surface area contributed by atoms with Gasteiger partial charge in [-0.1, -0.05) is 6.07 Å². The summed E-state index contributed by atoms with van der Waals surface area (Å²) in [4.78, 5) is 12.0. The molecule has 0 unspecified atom stereocenters. The van der Waals surface area contributed by atoms with Gasteiger partial charge in [0.1, 0.15) is 23.9 Å². The summed E-state index contributed by atoms with van der Waals surface area (Å²) in [5, 5.41) is 10.7. The predicted molar refractivity (Wildman–Crippen MR) is 97.3 cm³/mol. The number of hydrogen-bond donors (Lipinski definition) is 3. The zero-order chi connectivity index (χ0) is 21.1. The van der Waals surface area contributed by atoms with Crippen LogP contribution in [0.15, 0.2) is 40.9 Å². The molecule has 12 heteroatoms. The highest BCUT2D eigenvalue weighted by Gasteiger charge is 2.33. The van der Waals surface area contributed by atoms with Gasteiger partial charge in [0.15, 0.2) is 0 Å². The van der Waals surface area contributed by atoms with Crippen LogP contribution in [0.3, 0.4) is 0 Å². The van der Waals surface area contributed by atoms with Gasteiger partial charge in [-0.25, -0.2) is 21.5 Å². The van der Waals surface area contributed by atoms with Gasteiger partial charge >= 0.3 is 12.4 Å². The van der Waals surface area contributed by atoms with Crippen molar-refractivity contribution in [3.05, 3.63) is 46.4 Å². The number of phenols is 1. The van der Waals surface area contributed by atoms with E-state index in [9.17, 15) is 23.1 Å². The van der Waals surface area contributed by atoms with E-state index < -0.39 is 24.7 Å². The van der Waals surface area contributed by atoms with Crippen LogP contribution in [-0.4, -0.2) is 29.6 Å². The minimum absolute atomic E-state index is 0.0366. The lowest BCUT2D eigenvalue weighted by molar-refractivity contribution is -0.275. The van der Waals surface area contributed by atoms with Crippen LogP contribution in [0.5, 0.6) is 17.2 Å². The summed E-state index contributed by atoms with van der Waals surface area (Å²) in [5.74, 6) is 10.7. The highest BCUT2D eigenvalue weighted by Crippen LogP contribution is 2.35. The molecule has 2 aromatic rings. The van der Waals surface area contributed by atoms with Crippen LogP contribution < -0.4 is 26.2 Å². The zero-order valence-corrected chi connectivity index (χ0v) is 16.0. The molecular weight excluding hydrogens is 449 g/mol. The molecule has 0 aliphatic heterocycles. The average molecular weight is 465 g/mol. The number of aromatic hydroxyl groups is 1. The zero-order valence-electron chi connectivity index (χ0n) is 14.4. The Bertz CT molecular complexity index is 864. The maximum atomic E-state index is 12.8. The fourth-order valence-electron chi connectivity index (χ4n) is 2.17. The van der Waals surface area contributed by atoms with Crippen LogP contribution >= 0.6 is 15.9 Å². The number of phenolic OH excluding ortho intramolecular Hbond substituents is 1. The summed E-state index contributed by atoms with van der Waals surface area (Å²) in [5.41, 5.74) is -0.239. The van der Waals surface area contributed by atoms with Crippen molar-refractivity contribution in [1.82, 2.24) is 5.01 Å². The summed E-state index contributed by atoms with van der Waals surface area (Å²) in [6, 6.07) is 6.82. The number of hydrogen-bond acceptors (Lipinski definition) is 6. The van der Waals surface area contributed by atoms with Gasteiger partial charge in [-0.15, -0.1) is 13.2 Å². The molecule has 0 saturated carbocycles. The number of anilines is 1. The van der Waals surface area contributed by atoms with E-state index in [0.29, 0.717) is 14.5 Å². The first-order valence-electron chi connectivity index (χ1n) is 7.55. The highest BCUT2D eigenvalue weighted by atomic mass is 79.9. The number of ether oxygens (including phenoxy) is 2. The van der Waals surface area contributed by atoms with Gasteiger partial charge in [-0.3, -0.25) is 5.01 Å². The second-order valence-electron chi connectivity index (χ2n) is 5.47. The number of nitrogens with zero attached hydrogens (tertiary/aromatic N) is 2. The molecule has 28 heavy (non-hydrogen) atoms. The number of rotatable bonds is 5. The van der Waals surface area contributed by atoms with Crippen molar-refractivity contribution < 1.29 is 32.5 Å². The number of carbonyl (C=O) groups is 1. The first-order chi connectivity index (χ1) is 13.0. The van der Waals surface area contributed by atoms with Crippen LogP contribution in [0.25, 0.3) is 0 Å². The number of nitrogens with two attached hydrogens (primary N) is 2. The van der Waals surface area contributed by atoms with E-state index in [-0.39, 0.29) is 22.7 Å². The normalized spacial score (nSPS) is 11.1. The Morgan fingerprint density at radius 2 is 1.89 bits per heavy atom. The quantitative estimate of drug-likeness (QED) is 0.355. The lowest BCUT2D eigenvalue weighted by Crippen LogP contribution is -2.49. The molecule has 8 nitrogen and oxygen atoms in total. The Balaban J connectivity index is 2.43. The van der Waals surface area contributed by atoms with Crippen molar-refractivity contribution in [2.45, 2.75) is 13.0 Å². The first kappa shape index (κ1) is 21.6. The maximum Gasteiger partial charge on any atom is 0.573 e. The van der Waals surface area contributed by atoms with Gasteiger partial charge in [-0.05, 0) is 46.3 Å². The third-order valence-electron chi connectivity index (χ3n) is 3.39. The molecule has 2 aromatic carbocycles. The number of alkyl halides is 3. The van der Waals surface area contributed by atoms with Gasteiger partial charge in [0, 0.05) is 7.05 Å². The fraction of sp³-hybridized carbons (Fsp3) is 0.188. The van der Waals surface area contributed by atoms with Gasteiger partial charge in [-0.2, -0.15) is 0 Å². The number of amides is 2. The molecule has 0 radical (unpaired) electrons. The largest absolute Gasteiger partial charge is 0.573 e. The van der Waals surface area contributed by atoms with E-state index in [1.165, 1.54) is 37.4 Å². The smallest absolute Gasteiger partial charge is 0.508 e. The second-order valence-corrected chi connectivity index (χ2v) is 6.32. The van der Waals surface area contributed by atoms with Crippen molar-refractivity contribution in [3.8, 4) is 17.2 Å². The lowest BCUT2D eigenvalue weighted by Gasteiger charge is -2.25. The van der Waals surface area contributed by atoms with E-state index in [2.05, 4.69) is 20.7 Å². The van der Waals surface area contributed by atoms with Crippen LogP contribution in [0.1, 0.15) is 5.56 Å². The molecule has 0 saturated heterocycles. The van der Waals surface area contributed by atoms with Gasteiger partial charge in [0.25, 0.3) is 0 Å². The van der Waals surface area contributed by atoms with E-state index in [1.807, 2.05) is 0 Å². The molecule has 0 fully saturated rings. The summed E-state index contributed by atoms with van der Waals surface area (Å²) in [6.45, 7) is -0.430. The molecule has 5 N–H and O–H groups in total. The maximum absolute atomic E-state index is 12.8. The molecular formula is C16H16BrF3N4O4. The number of urea groups is 1. The SMILES string of the molecule is CN(N)C(=O)N(N)c1cccc(OC(F)(F)F)c1COc1ccc(O)cc1Br. The van der Waals surface area contributed by atoms with Gasteiger partial charge in [0.2, 0.25) is 0 Å². The third kappa shape index (κ3) is 5.41. The molecule has 0 atom stereocenters. The topological polar surface area (TPSA) is 114 Å². The standard InChI is InChI=1S/C16H16BrF3N4O4/c1-23(21)15(26)24(22)12-3-2-4-13(28-16(18,19)20)10(12)8-27-14-6-5-9(25)7-11(14)17/h2-7,25H,8,21-22H2,1H3. The number of carbonyl (C=O) groups excluding carboxylic acids is 1. The average Bonchev–Trinajstić information content (AvgIpc) is 2.59. The van der Waals surface area contributed by atoms with Gasteiger partial charge < -0.3 is 14.6 Å². The second kappa shape index (κ2) is 8.54. The van der Waals surface area contributed by atoms with Crippen LogP contribution in [-0.2, 0) is 6.61 Å². The number of halogens is 4. The van der Waals surface area contributed by atoms with E-state index >= 15 is 0 Å². The van der Waals surface area contributed by atoms with Gasteiger partial charge in [0.05, 0.1) is 15.7 Å². The predicted octanol–water partition coefficient (Wildman–Crippen LogP) is 3.24. The minimum atomic E-state index is -4.97. The molecule has 0 heterocycles. The summed E-state index contributed by atoms with van der Waals surface area (Å²) < 4.78 is 48.2. The minimum Gasteiger partial charge on any atom is -0.508 e. The third-order valence-corrected chi connectivity index (χ3v) is 4.01. The summed E-state index contributed by atoms with van der Waals surface area (Å²) >= 11 is 3.17. The summed E-state index contributed by atoms with van der Waals surface area (Å²) in [7, 11) is 1.22. The Morgan fingerprint density at radius 1 is 1.21 bits per heavy atom. The molecule has 0 bridgehead atoms. The van der Waals surface area contributed by atoms with Crippen LogP contribution in [0, 0.1) is 0 Å². The molecule has 0 aromatic heterocycles. The van der Waals surface area contributed by atoms with E-state index in [1.54, 1.807) is 0 Å². The van der Waals surface area contributed by atoms with Crippen molar-refractivity contribution in [2.24, 2.45) is 11.7 Å². The Hall–Kier alpha value is -2.70. The Morgan fingerprint density at radius 3 is 2.46 bits per heavy atom. The Kier molecular flexibility index (Phi) is 6.59. The number of hydrazine groups is 2. The first-order valence-corrected chi connectivity index (χ1v) is 8.35. The van der Waals surface area contributed by atoms with Crippen molar-refractivity contribution in [1.29, 1.82) is 0 Å². The van der Waals surface area contributed by atoms with Crippen molar-refractivity contribution in [2.75, 3.05) is 12.1 Å². The highest BCUT2D eigenvalue weighted by molar-refractivity contribution is 9.10.